The van der Waals surface area contributed by atoms with E-state index in [4.69, 9.17) is 23.9 Å². The highest BCUT2D eigenvalue weighted by Crippen LogP contribution is 2.39. The van der Waals surface area contributed by atoms with Crippen LogP contribution in [-0.4, -0.2) is 78.9 Å². The molecule has 0 atom stereocenters. The highest BCUT2D eigenvalue weighted by Gasteiger charge is 2.34. The van der Waals surface area contributed by atoms with Gasteiger partial charge in [-0.2, -0.15) is 13.2 Å². The number of hydrogen-bond donors (Lipinski definition) is 1. The highest BCUT2D eigenvalue weighted by molar-refractivity contribution is 5.87. The van der Waals surface area contributed by atoms with Gasteiger partial charge in [-0.1, -0.05) is 13.8 Å². The molecule has 0 unspecified atom stereocenters. The van der Waals surface area contributed by atoms with Crippen LogP contribution in [-0.2, 0) is 6.18 Å². The number of H-pyrrole nitrogens is 1. The van der Waals surface area contributed by atoms with Crippen molar-refractivity contribution in [3.8, 4) is 40.1 Å². The van der Waals surface area contributed by atoms with Crippen molar-refractivity contribution < 1.29 is 36.5 Å². The summed E-state index contributed by atoms with van der Waals surface area (Å²) in [6.45, 7) is 15.2. The predicted molar refractivity (Wildman–Crippen MR) is 178 cm³/mol. The topological polar surface area (TPSA) is 72.1 Å². The number of rotatable bonds is 17. The second-order valence-corrected chi connectivity index (χ2v) is 11.6. The van der Waals surface area contributed by atoms with Crippen LogP contribution in [0.3, 0.4) is 0 Å². The zero-order valence-corrected chi connectivity index (χ0v) is 27.5. The largest absolute Gasteiger partial charge is 0.493 e. The quantitative estimate of drug-likeness (QED) is 0.0894. The smallest absolute Gasteiger partial charge is 0.419 e. The lowest BCUT2D eigenvalue weighted by Gasteiger charge is -2.17. The number of ether oxygens (including phenoxy) is 4. The maximum absolute atomic E-state index is 13.9. The summed E-state index contributed by atoms with van der Waals surface area (Å²) in [6.07, 6.45) is -1.12. The summed E-state index contributed by atoms with van der Waals surface area (Å²) in [7, 11) is 0. The minimum absolute atomic E-state index is 0.153. The van der Waals surface area contributed by atoms with Gasteiger partial charge < -0.3 is 28.8 Å². The Balaban J connectivity index is 1.43. The fourth-order valence-corrected chi connectivity index (χ4v) is 5.67. The van der Waals surface area contributed by atoms with Gasteiger partial charge in [-0.15, -0.1) is 0 Å². The van der Waals surface area contributed by atoms with Gasteiger partial charge in [-0.25, -0.2) is 9.37 Å². The number of nitrogens with zero attached hydrogens (tertiary/aromatic N) is 3. The number of aromatic nitrogens is 2. The molecule has 0 saturated carbocycles. The Morgan fingerprint density at radius 1 is 0.875 bits per heavy atom. The third-order valence-electron chi connectivity index (χ3n) is 8.26. The van der Waals surface area contributed by atoms with Crippen LogP contribution in [0, 0.1) is 12.7 Å². The molecule has 48 heavy (non-hydrogen) atoms. The summed E-state index contributed by atoms with van der Waals surface area (Å²) in [4.78, 5) is 12.9. The summed E-state index contributed by atoms with van der Waals surface area (Å²) >= 11 is 0. The molecule has 1 aromatic heterocycles. The van der Waals surface area contributed by atoms with E-state index in [9.17, 15) is 17.6 Å². The average molecular weight is 672 g/mol. The number of hydrogen-bond acceptors (Lipinski definition) is 7. The van der Waals surface area contributed by atoms with Gasteiger partial charge in [0.1, 0.15) is 46.8 Å². The second-order valence-electron chi connectivity index (χ2n) is 11.6. The zero-order chi connectivity index (χ0) is 34.1. The third kappa shape index (κ3) is 9.10. The van der Waals surface area contributed by atoms with Crippen molar-refractivity contribution in [3.63, 3.8) is 0 Å². The zero-order valence-electron chi connectivity index (χ0n) is 27.5. The monoisotopic (exact) mass is 671 g/mol. The minimum atomic E-state index is -4.86. The summed E-state index contributed by atoms with van der Waals surface area (Å²) in [5, 5.41) is 0. The number of nitrogens with one attached hydrogen (secondary N) is 1. The van der Waals surface area contributed by atoms with Crippen LogP contribution in [0.15, 0.2) is 48.5 Å². The van der Waals surface area contributed by atoms with E-state index in [1.807, 2.05) is 12.1 Å². The number of benzene rings is 3. The van der Waals surface area contributed by atoms with E-state index in [1.54, 1.807) is 18.2 Å². The van der Waals surface area contributed by atoms with Crippen LogP contribution in [0.2, 0.25) is 0 Å². The Bertz CT molecular complexity index is 1630. The van der Waals surface area contributed by atoms with E-state index in [-0.39, 0.29) is 11.5 Å². The maximum atomic E-state index is 13.9. The Hall–Kier alpha value is -4.03. The van der Waals surface area contributed by atoms with Crippen LogP contribution in [0.5, 0.6) is 28.7 Å². The normalized spacial score (nSPS) is 13.8. The van der Waals surface area contributed by atoms with Crippen LogP contribution in [0.25, 0.3) is 22.4 Å². The Labute approximate surface area is 278 Å². The lowest BCUT2D eigenvalue weighted by atomic mass is 10.1. The number of fused-ring (bicyclic) bond motifs is 1. The molecular formula is C36H43F4N4O4. The van der Waals surface area contributed by atoms with Gasteiger partial charge in [0.25, 0.3) is 0 Å². The molecule has 3 aromatic carbocycles. The molecule has 5 rings (SSSR count). The van der Waals surface area contributed by atoms with Gasteiger partial charge >= 0.3 is 6.18 Å². The predicted octanol–water partition coefficient (Wildman–Crippen LogP) is 8.37. The standard InChI is InChI=1S/C36H43F4N4O4/c1-4-18-46-33-24-27(45-19-9-16-43(5-2)6-3)22-31-34(33)42-35(41-31)28-12-10-26(23-32(28)47-20-17-44-14-7-8-15-44)48-25-11-13-30(37)29(21-25)36(38,39)40/h10-13,21-24H,1,4-9,14-20H2,2-3H3,(H,41,42). The molecule has 1 radical (unpaired) electrons. The van der Waals surface area contributed by atoms with E-state index in [0.29, 0.717) is 72.0 Å². The van der Waals surface area contributed by atoms with Gasteiger partial charge in [-0.05, 0) is 89.1 Å². The molecular weight excluding hydrogens is 628 g/mol. The van der Waals surface area contributed by atoms with E-state index in [1.165, 1.54) is 0 Å². The average Bonchev–Trinajstić information content (AvgIpc) is 3.75. The number of imidazole rings is 1. The van der Waals surface area contributed by atoms with Crippen molar-refractivity contribution in [2.75, 3.05) is 59.1 Å². The number of likely N-dealkylation sites (tertiary alicyclic amines) is 1. The summed E-state index contributed by atoms with van der Waals surface area (Å²) in [5.41, 5.74) is 0.549. The van der Waals surface area contributed by atoms with E-state index >= 15 is 0 Å². The molecule has 12 heteroatoms. The van der Waals surface area contributed by atoms with Gasteiger partial charge in [0.2, 0.25) is 0 Å². The van der Waals surface area contributed by atoms with Gasteiger partial charge in [-0.3, -0.25) is 4.90 Å². The molecule has 0 aliphatic carbocycles. The number of aromatic amines is 1. The minimum Gasteiger partial charge on any atom is -0.493 e. The lowest BCUT2D eigenvalue weighted by molar-refractivity contribution is -0.140. The first-order chi connectivity index (χ1) is 23.2. The van der Waals surface area contributed by atoms with Crippen molar-refractivity contribution in [2.45, 2.75) is 45.7 Å². The maximum Gasteiger partial charge on any atom is 0.419 e. The molecule has 1 saturated heterocycles. The van der Waals surface area contributed by atoms with E-state index in [2.05, 4.69) is 35.6 Å². The van der Waals surface area contributed by atoms with Gasteiger partial charge in [0.15, 0.2) is 5.75 Å². The Morgan fingerprint density at radius 2 is 1.58 bits per heavy atom. The highest BCUT2D eigenvalue weighted by atomic mass is 19.4. The summed E-state index contributed by atoms with van der Waals surface area (Å²) in [5.74, 6) is 0.854. The van der Waals surface area contributed by atoms with Crippen LogP contribution in [0.4, 0.5) is 17.6 Å². The molecule has 1 aliphatic heterocycles. The Morgan fingerprint density at radius 3 is 2.31 bits per heavy atom. The molecule has 8 nitrogen and oxygen atoms in total. The van der Waals surface area contributed by atoms with Crippen molar-refractivity contribution in [1.29, 1.82) is 0 Å². The molecule has 1 fully saturated rings. The summed E-state index contributed by atoms with van der Waals surface area (Å²) < 4.78 is 78.0. The molecule has 0 bridgehead atoms. The second kappa shape index (κ2) is 16.4. The molecule has 0 spiro atoms. The first-order valence-electron chi connectivity index (χ1n) is 16.5. The molecule has 0 amide bonds. The molecule has 259 valence electrons. The molecule has 1 N–H and O–H groups in total. The lowest BCUT2D eigenvalue weighted by Crippen LogP contribution is -2.25. The van der Waals surface area contributed by atoms with Crippen molar-refractivity contribution >= 4 is 11.0 Å². The van der Waals surface area contributed by atoms with Gasteiger partial charge in [0, 0.05) is 31.3 Å². The van der Waals surface area contributed by atoms with Crippen molar-refractivity contribution in [3.05, 3.63) is 66.8 Å². The van der Waals surface area contributed by atoms with E-state index < -0.39 is 17.6 Å². The Kier molecular flexibility index (Phi) is 12.0. The summed E-state index contributed by atoms with van der Waals surface area (Å²) in [6, 6.07) is 11.2. The van der Waals surface area contributed by atoms with Gasteiger partial charge in [0.05, 0.1) is 29.9 Å². The molecule has 1 aliphatic rings. The van der Waals surface area contributed by atoms with Crippen LogP contribution < -0.4 is 18.9 Å². The van der Waals surface area contributed by atoms with E-state index in [0.717, 1.165) is 70.7 Å². The number of alkyl halides is 3. The first kappa shape index (κ1) is 35.3. The first-order valence-corrected chi connectivity index (χ1v) is 16.5. The third-order valence-corrected chi connectivity index (χ3v) is 8.26. The van der Waals surface area contributed by atoms with Crippen molar-refractivity contribution in [1.82, 2.24) is 19.8 Å². The SMILES string of the molecule is [CH2]CCOc1cc(OCCCN(CC)CC)cc2[nH]c(-c3ccc(Oc4ccc(F)c(C(F)(F)F)c4)cc3OCCN3CCCC3)nc12. The molecule has 4 aromatic rings. The fraction of sp³-hybridized carbons (Fsp3) is 0.444. The fourth-order valence-electron chi connectivity index (χ4n) is 5.67. The molecule has 2 heterocycles. The van der Waals surface area contributed by atoms with Crippen molar-refractivity contribution in [2.24, 2.45) is 0 Å². The van der Waals surface area contributed by atoms with Crippen LogP contribution in [0.1, 0.15) is 45.1 Å². The number of halogens is 4. The van der Waals surface area contributed by atoms with Crippen LogP contribution >= 0.6 is 0 Å².